The highest BCUT2D eigenvalue weighted by Gasteiger charge is 1.84. The minimum absolute atomic E-state index is 0.687. The maximum absolute atomic E-state index is 5.29. The van der Waals surface area contributed by atoms with Crippen LogP contribution in [-0.4, -0.2) is 4.98 Å². The summed E-state index contributed by atoms with van der Waals surface area (Å²) in [7, 11) is 0. The van der Waals surface area contributed by atoms with Crippen LogP contribution in [0.5, 0.6) is 0 Å². The highest BCUT2D eigenvalue weighted by Crippen LogP contribution is 2.08. The fraction of sp³-hybridized carbons (Fsp3) is 0. The number of halogens is 1. The predicted molar refractivity (Wildman–Crippen MR) is 32.9 cm³/mol. The van der Waals surface area contributed by atoms with Crippen LogP contribution in [0.1, 0.15) is 0 Å². The van der Waals surface area contributed by atoms with Crippen molar-refractivity contribution in [3.63, 3.8) is 0 Å². The van der Waals surface area contributed by atoms with E-state index in [4.69, 9.17) is 5.73 Å². The largest absolute Gasteiger partial charge is 0.385 e. The Bertz CT molecular complexity index is 142. The number of hydrogen-bond acceptors (Lipinski definition) is 1. The van der Waals surface area contributed by atoms with Crippen molar-refractivity contribution in [1.29, 1.82) is 0 Å². The van der Waals surface area contributed by atoms with E-state index >= 15 is 0 Å². The van der Waals surface area contributed by atoms with E-state index in [-0.39, 0.29) is 0 Å². The Morgan fingerprint density at radius 3 is 2.43 bits per heavy atom. The molecule has 1 aromatic heterocycles. The van der Waals surface area contributed by atoms with Crippen LogP contribution in [0, 0.1) is 0 Å². The molecular formula is C4H5BrN2. The van der Waals surface area contributed by atoms with Crippen LogP contribution < -0.4 is 5.73 Å². The van der Waals surface area contributed by atoms with Crippen LogP contribution in [0.4, 0.5) is 5.82 Å². The van der Waals surface area contributed by atoms with Gasteiger partial charge in [0.2, 0.25) is 0 Å². The molecule has 0 aromatic carbocycles. The predicted octanol–water partition coefficient (Wildman–Crippen LogP) is 1.36. The summed E-state index contributed by atoms with van der Waals surface area (Å²) in [5, 5.41) is 0. The molecule has 0 unspecified atom stereocenters. The van der Waals surface area contributed by atoms with Gasteiger partial charge in [0.05, 0.1) is 4.60 Å². The zero-order chi connectivity index (χ0) is 5.28. The first-order chi connectivity index (χ1) is 3.29. The van der Waals surface area contributed by atoms with Crippen molar-refractivity contribution in [2.45, 2.75) is 0 Å². The van der Waals surface area contributed by atoms with Crippen molar-refractivity contribution in [2.24, 2.45) is 0 Å². The molecule has 3 N–H and O–H groups in total. The normalized spacial score (nSPS) is 9.29. The Morgan fingerprint density at radius 2 is 2.29 bits per heavy atom. The van der Waals surface area contributed by atoms with E-state index in [1.165, 1.54) is 0 Å². The number of H-pyrrole nitrogens is 1. The van der Waals surface area contributed by atoms with Crippen molar-refractivity contribution in [1.82, 2.24) is 4.98 Å². The Kier molecular flexibility index (Phi) is 1.06. The van der Waals surface area contributed by atoms with Crippen molar-refractivity contribution >= 4 is 21.7 Å². The summed E-state index contributed by atoms with van der Waals surface area (Å²) in [6.45, 7) is 0. The highest BCUT2D eigenvalue weighted by molar-refractivity contribution is 9.10. The van der Waals surface area contributed by atoms with Gasteiger partial charge in [-0.1, -0.05) is 0 Å². The average Bonchev–Trinajstić information content (AvgIpc) is 1.87. The fourth-order valence-electron chi connectivity index (χ4n) is 0.384. The molecule has 0 radical (unpaired) electrons. The standard InChI is InChI=1S/C4H5BrN2/c5-3-1-2-4(6)7-3/h1-2,7H,6H2. The number of nitrogens with one attached hydrogen (secondary N) is 1. The van der Waals surface area contributed by atoms with E-state index in [1.807, 2.05) is 6.07 Å². The molecule has 1 heterocycles. The second-order valence-electron chi connectivity index (χ2n) is 1.26. The fourth-order valence-corrected chi connectivity index (χ4v) is 0.745. The zero-order valence-corrected chi connectivity index (χ0v) is 5.20. The topological polar surface area (TPSA) is 41.8 Å². The Balaban J connectivity index is 3.04. The molecule has 0 aliphatic carbocycles. The maximum atomic E-state index is 5.29. The van der Waals surface area contributed by atoms with Crippen LogP contribution in [0.25, 0.3) is 0 Å². The van der Waals surface area contributed by atoms with Gasteiger partial charge in [-0.05, 0) is 28.1 Å². The molecule has 0 saturated heterocycles. The van der Waals surface area contributed by atoms with Gasteiger partial charge >= 0.3 is 0 Å². The van der Waals surface area contributed by atoms with E-state index < -0.39 is 0 Å². The Hall–Kier alpha value is -0.440. The van der Waals surface area contributed by atoms with Gasteiger partial charge < -0.3 is 10.7 Å². The minimum Gasteiger partial charge on any atom is -0.385 e. The average molecular weight is 161 g/mol. The highest BCUT2D eigenvalue weighted by atomic mass is 79.9. The molecule has 0 spiro atoms. The van der Waals surface area contributed by atoms with Crippen LogP contribution in [0.2, 0.25) is 0 Å². The van der Waals surface area contributed by atoms with Crippen LogP contribution in [0.3, 0.4) is 0 Å². The van der Waals surface area contributed by atoms with E-state index in [0.717, 1.165) is 4.60 Å². The molecule has 0 atom stereocenters. The van der Waals surface area contributed by atoms with Crippen molar-refractivity contribution < 1.29 is 0 Å². The molecule has 0 aliphatic heterocycles. The third-order valence-electron chi connectivity index (χ3n) is 0.673. The lowest BCUT2D eigenvalue weighted by molar-refractivity contribution is 1.37. The number of hydrogen-bond donors (Lipinski definition) is 2. The maximum Gasteiger partial charge on any atom is 0.101 e. The summed E-state index contributed by atoms with van der Waals surface area (Å²) in [4.78, 5) is 2.83. The lowest BCUT2D eigenvalue weighted by Crippen LogP contribution is -1.80. The lowest BCUT2D eigenvalue weighted by atomic mass is 10.6. The first-order valence-corrected chi connectivity index (χ1v) is 2.68. The van der Waals surface area contributed by atoms with Gasteiger partial charge in [-0.25, -0.2) is 0 Å². The van der Waals surface area contributed by atoms with E-state index in [9.17, 15) is 0 Å². The number of rotatable bonds is 0. The monoisotopic (exact) mass is 160 g/mol. The Labute approximate surface area is 49.8 Å². The number of anilines is 1. The van der Waals surface area contributed by atoms with Gasteiger partial charge in [0.25, 0.3) is 0 Å². The van der Waals surface area contributed by atoms with Crippen LogP contribution >= 0.6 is 15.9 Å². The van der Waals surface area contributed by atoms with Crippen molar-refractivity contribution in [3.8, 4) is 0 Å². The third kappa shape index (κ3) is 0.962. The van der Waals surface area contributed by atoms with Crippen LogP contribution in [0.15, 0.2) is 16.7 Å². The van der Waals surface area contributed by atoms with Crippen molar-refractivity contribution in [3.05, 3.63) is 16.7 Å². The van der Waals surface area contributed by atoms with E-state index in [0.29, 0.717) is 5.82 Å². The number of nitrogens with two attached hydrogens (primary N) is 1. The van der Waals surface area contributed by atoms with Gasteiger partial charge in [0.1, 0.15) is 5.82 Å². The van der Waals surface area contributed by atoms with Gasteiger partial charge in [0.15, 0.2) is 0 Å². The molecule has 38 valence electrons. The molecule has 3 heteroatoms. The summed E-state index contributed by atoms with van der Waals surface area (Å²) < 4.78 is 0.921. The minimum atomic E-state index is 0.687. The molecule has 0 aliphatic rings. The quantitative estimate of drug-likeness (QED) is 0.592. The molecule has 0 fully saturated rings. The zero-order valence-electron chi connectivity index (χ0n) is 3.61. The molecule has 1 rings (SSSR count). The summed E-state index contributed by atoms with van der Waals surface area (Å²) in [5.74, 6) is 0.687. The SMILES string of the molecule is Nc1ccc(Br)[nH]1. The molecular weight excluding hydrogens is 156 g/mol. The summed E-state index contributed by atoms with van der Waals surface area (Å²) in [6, 6.07) is 3.65. The second kappa shape index (κ2) is 1.58. The third-order valence-corrected chi connectivity index (χ3v) is 1.14. The summed E-state index contributed by atoms with van der Waals surface area (Å²) >= 11 is 3.20. The van der Waals surface area contributed by atoms with Gasteiger partial charge in [-0.15, -0.1) is 0 Å². The smallest absolute Gasteiger partial charge is 0.101 e. The molecule has 1 aromatic rings. The van der Waals surface area contributed by atoms with E-state index in [2.05, 4.69) is 20.9 Å². The number of aromatic amines is 1. The Morgan fingerprint density at radius 1 is 1.57 bits per heavy atom. The van der Waals surface area contributed by atoms with Crippen molar-refractivity contribution in [2.75, 3.05) is 5.73 Å². The molecule has 2 nitrogen and oxygen atoms in total. The summed E-state index contributed by atoms with van der Waals surface area (Å²) in [6.07, 6.45) is 0. The first-order valence-electron chi connectivity index (χ1n) is 1.89. The van der Waals surface area contributed by atoms with E-state index in [1.54, 1.807) is 6.07 Å². The first kappa shape index (κ1) is 4.71. The lowest BCUT2D eigenvalue weighted by Gasteiger charge is -1.76. The molecule has 0 bridgehead atoms. The summed E-state index contributed by atoms with van der Waals surface area (Å²) in [5.41, 5.74) is 5.29. The van der Waals surface area contributed by atoms with Crippen LogP contribution in [-0.2, 0) is 0 Å². The second-order valence-corrected chi connectivity index (χ2v) is 2.12. The molecule has 0 amide bonds. The number of nitrogen functional groups attached to an aromatic ring is 1. The number of aromatic nitrogens is 1. The molecule has 0 saturated carbocycles. The van der Waals surface area contributed by atoms with Gasteiger partial charge in [0, 0.05) is 0 Å². The molecule has 7 heavy (non-hydrogen) atoms. The van der Waals surface area contributed by atoms with Gasteiger partial charge in [-0.2, -0.15) is 0 Å². The van der Waals surface area contributed by atoms with Gasteiger partial charge in [-0.3, -0.25) is 0 Å².